The normalized spacial score (nSPS) is 25.2. The first-order valence-corrected chi connectivity index (χ1v) is 13.6. The van der Waals surface area contributed by atoms with Crippen LogP contribution in [-0.2, 0) is 12.1 Å². The minimum absolute atomic E-state index is 0.0704. The molecular weight excluding hydrogens is 488 g/mol. The fourth-order valence-corrected chi connectivity index (χ4v) is 6.63. The summed E-state index contributed by atoms with van der Waals surface area (Å²) < 4.78 is 1.99. The third-order valence-electron chi connectivity index (χ3n) is 8.78. The van der Waals surface area contributed by atoms with Gasteiger partial charge in [0.15, 0.2) is 0 Å². The second-order valence-corrected chi connectivity index (χ2v) is 11.5. The summed E-state index contributed by atoms with van der Waals surface area (Å²) in [7, 11) is 2.17. The number of hydrogen-bond acceptors (Lipinski definition) is 5. The van der Waals surface area contributed by atoms with Crippen LogP contribution in [0.2, 0.25) is 5.02 Å². The van der Waals surface area contributed by atoms with Crippen LogP contribution in [0.1, 0.15) is 37.0 Å². The number of piperidine rings is 1. The van der Waals surface area contributed by atoms with Crippen LogP contribution < -0.4 is 5.32 Å². The Kier molecular flexibility index (Phi) is 6.39. The molecule has 37 heavy (non-hydrogen) atoms. The quantitative estimate of drug-likeness (QED) is 0.538. The number of amides is 2. The van der Waals surface area contributed by atoms with Gasteiger partial charge in [-0.1, -0.05) is 23.7 Å². The van der Waals surface area contributed by atoms with Crippen molar-refractivity contribution in [1.29, 1.82) is 0 Å². The van der Waals surface area contributed by atoms with E-state index in [0.717, 1.165) is 67.7 Å². The van der Waals surface area contributed by atoms with Crippen LogP contribution >= 0.6 is 11.6 Å². The third-order valence-corrected chi connectivity index (χ3v) is 9.00. The van der Waals surface area contributed by atoms with Crippen LogP contribution in [0, 0.1) is 5.92 Å². The molecule has 3 aromatic rings. The monoisotopic (exact) mass is 522 g/mol. The lowest BCUT2D eigenvalue weighted by Crippen LogP contribution is -2.49. The average Bonchev–Trinajstić information content (AvgIpc) is 3.42. The first-order chi connectivity index (χ1) is 17.8. The molecule has 2 amide bonds. The molecule has 1 aromatic heterocycles. The topological polar surface area (TPSA) is 76.9 Å². The SMILES string of the molecule is CN1CCN(Cc2ccc(NC(=O)N3CCC(C4(C)[C@H](O)c5cc(Cl)cc6cnn4c56)CC3)cc2)CC1. The van der Waals surface area contributed by atoms with Gasteiger partial charge in [-0.2, -0.15) is 5.10 Å². The van der Waals surface area contributed by atoms with Gasteiger partial charge in [0.25, 0.3) is 0 Å². The van der Waals surface area contributed by atoms with Gasteiger partial charge >= 0.3 is 6.03 Å². The van der Waals surface area contributed by atoms with Gasteiger partial charge in [0.2, 0.25) is 0 Å². The number of aliphatic hydroxyl groups is 1. The van der Waals surface area contributed by atoms with E-state index in [1.807, 2.05) is 40.0 Å². The summed E-state index contributed by atoms with van der Waals surface area (Å²) in [6.07, 6.45) is 2.75. The minimum Gasteiger partial charge on any atom is -0.386 e. The van der Waals surface area contributed by atoms with E-state index in [4.69, 9.17) is 11.6 Å². The van der Waals surface area contributed by atoms with Crippen molar-refractivity contribution in [3.8, 4) is 0 Å². The van der Waals surface area contributed by atoms with Gasteiger partial charge in [-0.15, -0.1) is 0 Å². The third kappa shape index (κ3) is 4.40. The molecule has 0 saturated carbocycles. The maximum Gasteiger partial charge on any atom is 0.321 e. The summed E-state index contributed by atoms with van der Waals surface area (Å²) >= 11 is 6.30. The first kappa shape index (κ1) is 24.7. The summed E-state index contributed by atoms with van der Waals surface area (Å²) in [6, 6.07) is 11.9. The molecule has 0 bridgehead atoms. The number of benzene rings is 2. The fraction of sp³-hybridized carbons (Fsp3) is 0.500. The Hall–Kier alpha value is -2.65. The number of nitrogens with one attached hydrogen (secondary N) is 1. The molecule has 2 saturated heterocycles. The number of urea groups is 1. The molecule has 4 heterocycles. The second kappa shape index (κ2) is 9.58. The second-order valence-electron chi connectivity index (χ2n) is 11.1. The summed E-state index contributed by atoms with van der Waals surface area (Å²) in [5.41, 5.74) is 3.34. The van der Waals surface area contributed by atoms with Gasteiger partial charge < -0.3 is 20.2 Å². The van der Waals surface area contributed by atoms with Crippen molar-refractivity contribution in [3.05, 3.63) is 58.7 Å². The Morgan fingerprint density at radius 1 is 1.11 bits per heavy atom. The molecular formula is C28H35ClN6O2. The van der Waals surface area contributed by atoms with Crippen molar-refractivity contribution in [1.82, 2.24) is 24.5 Å². The van der Waals surface area contributed by atoms with Crippen molar-refractivity contribution in [2.45, 2.75) is 38.0 Å². The van der Waals surface area contributed by atoms with Crippen LogP contribution in [0.3, 0.4) is 0 Å². The number of piperazine rings is 1. The van der Waals surface area contributed by atoms with Crippen LogP contribution in [0.5, 0.6) is 0 Å². The minimum atomic E-state index is -0.674. The Labute approximate surface area is 222 Å². The molecule has 2 N–H and O–H groups in total. The Bertz CT molecular complexity index is 1290. The van der Waals surface area contributed by atoms with Crippen molar-refractivity contribution >= 4 is 34.2 Å². The lowest BCUT2D eigenvalue weighted by molar-refractivity contribution is -0.0111. The molecule has 2 aromatic carbocycles. The summed E-state index contributed by atoms with van der Waals surface area (Å²) in [6.45, 7) is 8.70. The number of hydrogen-bond donors (Lipinski definition) is 2. The number of aromatic nitrogens is 2. The Balaban J connectivity index is 1.06. The van der Waals surface area contributed by atoms with E-state index >= 15 is 0 Å². The van der Waals surface area contributed by atoms with Crippen molar-refractivity contribution in [3.63, 3.8) is 0 Å². The summed E-state index contributed by atoms with van der Waals surface area (Å²) in [5.74, 6) is 0.190. The highest BCUT2D eigenvalue weighted by Crippen LogP contribution is 2.51. The predicted molar refractivity (Wildman–Crippen MR) is 146 cm³/mol. The molecule has 2 atom stereocenters. The number of likely N-dealkylation sites (tertiary alicyclic amines) is 1. The molecule has 0 spiro atoms. The molecule has 3 aliphatic heterocycles. The van der Waals surface area contributed by atoms with Gasteiger partial charge in [-0.3, -0.25) is 9.58 Å². The lowest BCUT2D eigenvalue weighted by atomic mass is 9.75. The summed E-state index contributed by atoms with van der Waals surface area (Å²) in [5, 5.41) is 20.6. The Morgan fingerprint density at radius 2 is 1.81 bits per heavy atom. The average molecular weight is 523 g/mol. The largest absolute Gasteiger partial charge is 0.386 e. The zero-order valence-electron chi connectivity index (χ0n) is 21.5. The number of carbonyl (C=O) groups excluding carboxylic acids is 1. The number of aliphatic hydroxyl groups excluding tert-OH is 1. The molecule has 2 fully saturated rings. The van der Waals surface area contributed by atoms with Crippen LogP contribution in [0.25, 0.3) is 10.9 Å². The van der Waals surface area contributed by atoms with E-state index in [1.165, 1.54) is 5.56 Å². The van der Waals surface area contributed by atoms with Crippen LogP contribution in [0.15, 0.2) is 42.6 Å². The number of likely N-dealkylation sites (N-methyl/N-ethyl adjacent to an activating group) is 1. The smallest absolute Gasteiger partial charge is 0.321 e. The molecule has 9 heteroatoms. The van der Waals surface area contributed by atoms with Gasteiger partial charge in [-0.25, -0.2) is 4.79 Å². The zero-order chi connectivity index (χ0) is 25.7. The highest BCUT2D eigenvalue weighted by molar-refractivity contribution is 6.31. The zero-order valence-corrected chi connectivity index (χ0v) is 22.3. The number of anilines is 1. The number of halogens is 1. The van der Waals surface area contributed by atoms with E-state index in [0.29, 0.717) is 18.1 Å². The molecule has 0 aliphatic carbocycles. The van der Waals surface area contributed by atoms with Crippen molar-refractivity contribution < 1.29 is 9.90 Å². The van der Waals surface area contributed by atoms with Crippen molar-refractivity contribution in [2.24, 2.45) is 5.92 Å². The maximum atomic E-state index is 13.0. The van der Waals surface area contributed by atoms with Gasteiger partial charge in [0, 0.05) is 67.5 Å². The molecule has 196 valence electrons. The fourth-order valence-electron chi connectivity index (χ4n) is 6.39. The molecule has 0 radical (unpaired) electrons. The van der Waals surface area contributed by atoms with E-state index < -0.39 is 11.6 Å². The van der Waals surface area contributed by atoms with E-state index in [-0.39, 0.29) is 11.9 Å². The van der Waals surface area contributed by atoms with Crippen LogP contribution in [-0.4, -0.2) is 81.9 Å². The number of carbonyl (C=O) groups is 1. The van der Waals surface area contributed by atoms with Gasteiger partial charge in [0.1, 0.15) is 6.10 Å². The van der Waals surface area contributed by atoms with Crippen LogP contribution in [0.4, 0.5) is 10.5 Å². The molecule has 1 unspecified atom stereocenters. The van der Waals surface area contributed by atoms with E-state index in [9.17, 15) is 9.90 Å². The Morgan fingerprint density at radius 3 is 2.51 bits per heavy atom. The molecule has 3 aliphatic rings. The van der Waals surface area contributed by atoms with Gasteiger partial charge in [0.05, 0.1) is 17.3 Å². The van der Waals surface area contributed by atoms with E-state index in [1.54, 1.807) is 0 Å². The van der Waals surface area contributed by atoms with Crippen molar-refractivity contribution in [2.75, 3.05) is 51.6 Å². The maximum absolute atomic E-state index is 13.0. The highest BCUT2D eigenvalue weighted by atomic mass is 35.5. The number of nitrogens with zero attached hydrogens (tertiary/aromatic N) is 5. The predicted octanol–water partition coefficient (Wildman–Crippen LogP) is 4.14. The summed E-state index contributed by atoms with van der Waals surface area (Å²) in [4.78, 5) is 19.7. The molecule has 6 rings (SSSR count). The standard InChI is InChI=1S/C28H35ClN6O2/c1-28(26(36)24-16-22(29)15-20-17-30-35(28)25(20)24)21-7-9-34(10-8-21)27(37)31-23-5-3-19(4-6-23)18-33-13-11-32(2)12-14-33/h3-6,15-17,21,26,36H,7-14,18H2,1-2H3,(H,31,37)/t26-,28?/m1/s1. The number of rotatable bonds is 4. The lowest BCUT2D eigenvalue weighted by Gasteiger charge is -2.42. The van der Waals surface area contributed by atoms with E-state index in [2.05, 4.69) is 46.3 Å². The molecule has 8 nitrogen and oxygen atoms in total. The first-order valence-electron chi connectivity index (χ1n) is 13.2. The highest BCUT2D eigenvalue weighted by Gasteiger charge is 2.50. The van der Waals surface area contributed by atoms with Gasteiger partial charge in [-0.05, 0) is 62.6 Å².